The highest BCUT2D eigenvalue weighted by molar-refractivity contribution is 7.98. The largest absolute Gasteiger partial charge is 0.322 e. The van der Waals surface area contributed by atoms with Gasteiger partial charge in [0.15, 0.2) is 0 Å². The Hall–Kier alpha value is -2.23. The van der Waals surface area contributed by atoms with E-state index in [-0.39, 0.29) is 24.1 Å². The van der Waals surface area contributed by atoms with Crippen molar-refractivity contribution < 1.29 is 14.4 Å². The molecule has 5 fully saturated rings. The fourth-order valence-corrected chi connectivity index (χ4v) is 9.62. The van der Waals surface area contributed by atoms with Crippen LogP contribution in [0.4, 0.5) is 0 Å². The molecular formula is C28H32N4O3S2. The molecule has 0 radical (unpaired) electrons. The van der Waals surface area contributed by atoms with Crippen LogP contribution in [0.5, 0.6) is 0 Å². The zero-order chi connectivity index (χ0) is 25.1. The van der Waals surface area contributed by atoms with Gasteiger partial charge in [-0.15, -0.1) is 23.1 Å². The Morgan fingerprint density at radius 3 is 2.59 bits per heavy atom. The van der Waals surface area contributed by atoms with Gasteiger partial charge >= 0.3 is 0 Å². The summed E-state index contributed by atoms with van der Waals surface area (Å²) in [6.07, 6.45) is 9.09. The lowest BCUT2D eigenvalue weighted by Gasteiger charge is -2.57. The van der Waals surface area contributed by atoms with Gasteiger partial charge in [0, 0.05) is 40.9 Å². The molecule has 37 heavy (non-hydrogen) atoms. The van der Waals surface area contributed by atoms with E-state index < -0.39 is 6.04 Å². The maximum absolute atomic E-state index is 13.1. The molecule has 1 atom stereocenters. The van der Waals surface area contributed by atoms with Crippen molar-refractivity contribution in [2.75, 3.05) is 0 Å². The van der Waals surface area contributed by atoms with Crippen molar-refractivity contribution in [1.82, 2.24) is 20.5 Å². The summed E-state index contributed by atoms with van der Waals surface area (Å²) in [6.45, 7) is 1.27. The number of carbonyl (C=O) groups excluding carboxylic acids is 3. The second kappa shape index (κ2) is 9.20. The zero-order valence-electron chi connectivity index (χ0n) is 20.8. The van der Waals surface area contributed by atoms with E-state index in [1.807, 2.05) is 18.2 Å². The van der Waals surface area contributed by atoms with Crippen LogP contribution in [0.25, 0.3) is 0 Å². The molecule has 4 saturated carbocycles. The van der Waals surface area contributed by atoms with Gasteiger partial charge in [-0.1, -0.05) is 6.07 Å². The predicted octanol–water partition coefficient (Wildman–Crippen LogP) is 4.25. The average Bonchev–Trinajstić information content (AvgIpc) is 3.45. The molecule has 0 spiro atoms. The maximum atomic E-state index is 13.1. The summed E-state index contributed by atoms with van der Waals surface area (Å²) in [5.41, 5.74) is 3.09. The van der Waals surface area contributed by atoms with E-state index in [2.05, 4.69) is 16.0 Å². The maximum Gasteiger partial charge on any atom is 0.255 e. The Morgan fingerprint density at radius 2 is 1.86 bits per heavy atom. The Labute approximate surface area is 225 Å². The van der Waals surface area contributed by atoms with Crippen LogP contribution >= 0.6 is 23.1 Å². The molecule has 2 N–H and O–H groups in total. The molecule has 4 bridgehead atoms. The normalized spacial score (nSPS) is 32.2. The smallest absolute Gasteiger partial charge is 0.255 e. The van der Waals surface area contributed by atoms with Crippen LogP contribution in [0.15, 0.2) is 28.5 Å². The number of hydrogen-bond donors (Lipinski definition) is 2. The summed E-state index contributed by atoms with van der Waals surface area (Å²) < 4.78 is 0. The molecule has 6 aliphatic rings. The molecule has 1 unspecified atom stereocenters. The molecule has 2 aromatic rings. The number of nitrogens with zero attached hydrogens (tertiary/aromatic N) is 2. The Morgan fingerprint density at radius 1 is 1.11 bits per heavy atom. The van der Waals surface area contributed by atoms with E-state index >= 15 is 0 Å². The molecular weight excluding hydrogens is 504 g/mol. The van der Waals surface area contributed by atoms with E-state index in [0.29, 0.717) is 24.1 Å². The molecule has 9 heteroatoms. The summed E-state index contributed by atoms with van der Waals surface area (Å²) in [4.78, 5) is 44.4. The second-order valence-corrected chi connectivity index (χ2v) is 13.8. The van der Waals surface area contributed by atoms with Crippen LogP contribution in [0.2, 0.25) is 0 Å². The van der Waals surface area contributed by atoms with Crippen molar-refractivity contribution in [3.8, 4) is 0 Å². The molecule has 1 aromatic heterocycles. The first-order chi connectivity index (χ1) is 17.9. The summed E-state index contributed by atoms with van der Waals surface area (Å²) in [6, 6.07) is 5.41. The SMILES string of the molecule is O=C1CCC(N2Cc3ccc(SCc4nc(CNC56CC7CC(CC(C7)C5)C6)cs4)cc3C2=O)C(=O)N1. The molecule has 2 aliphatic heterocycles. The van der Waals surface area contributed by atoms with E-state index in [0.717, 1.165) is 51.2 Å². The van der Waals surface area contributed by atoms with Gasteiger partial charge in [-0.05, 0) is 80.4 Å². The minimum absolute atomic E-state index is 0.126. The highest BCUT2D eigenvalue weighted by atomic mass is 32.2. The Bertz CT molecular complexity index is 1240. The van der Waals surface area contributed by atoms with Gasteiger partial charge in [-0.25, -0.2) is 4.98 Å². The van der Waals surface area contributed by atoms with Gasteiger partial charge < -0.3 is 10.2 Å². The Balaban J connectivity index is 0.955. The highest BCUT2D eigenvalue weighted by Crippen LogP contribution is 2.55. The molecule has 7 nitrogen and oxygen atoms in total. The van der Waals surface area contributed by atoms with Gasteiger partial charge in [0.1, 0.15) is 11.0 Å². The highest BCUT2D eigenvalue weighted by Gasteiger charge is 2.50. The van der Waals surface area contributed by atoms with Gasteiger partial charge in [0.2, 0.25) is 11.8 Å². The number of hydrogen-bond acceptors (Lipinski definition) is 7. The van der Waals surface area contributed by atoms with Crippen molar-refractivity contribution in [2.45, 2.75) is 86.7 Å². The number of benzene rings is 1. The lowest BCUT2D eigenvalue weighted by Crippen LogP contribution is -2.58. The minimum Gasteiger partial charge on any atom is -0.322 e. The second-order valence-electron chi connectivity index (χ2n) is 11.8. The molecule has 194 valence electrons. The van der Waals surface area contributed by atoms with Crippen molar-refractivity contribution >= 4 is 40.8 Å². The van der Waals surface area contributed by atoms with Gasteiger partial charge in [-0.3, -0.25) is 19.7 Å². The van der Waals surface area contributed by atoms with Gasteiger partial charge in [0.25, 0.3) is 5.91 Å². The first kappa shape index (κ1) is 23.9. The number of thioether (sulfide) groups is 1. The van der Waals surface area contributed by atoms with Gasteiger partial charge in [-0.2, -0.15) is 0 Å². The minimum atomic E-state index is -0.575. The first-order valence-electron chi connectivity index (χ1n) is 13.5. The Kier molecular flexibility index (Phi) is 5.93. The fraction of sp³-hybridized carbons (Fsp3) is 0.571. The molecule has 8 rings (SSSR count). The van der Waals surface area contributed by atoms with Crippen LogP contribution in [0, 0.1) is 17.8 Å². The number of rotatable bonds is 7. The topological polar surface area (TPSA) is 91.4 Å². The lowest BCUT2D eigenvalue weighted by atomic mass is 9.53. The van der Waals surface area contributed by atoms with E-state index in [9.17, 15) is 14.4 Å². The summed E-state index contributed by atoms with van der Waals surface area (Å²) >= 11 is 3.40. The van der Waals surface area contributed by atoms with Crippen LogP contribution in [0.1, 0.15) is 78.0 Å². The third-order valence-electron chi connectivity index (χ3n) is 9.14. The molecule has 3 amide bonds. The van der Waals surface area contributed by atoms with Crippen LogP contribution in [0.3, 0.4) is 0 Å². The number of piperidine rings is 1. The summed E-state index contributed by atoms with van der Waals surface area (Å²) in [5, 5.41) is 9.60. The van der Waals surface area contributed by atoms with Crippen molar-refractivity contribution in [3.05, 3.63) is 45.4 Å². The third kappa shape index (κ3) is 4.53. The number of carbonyl (C=O) groups is 3. The molecule has 4 aliphatic carbocycles. The standard InChI is InChI=1S/C28H32N4O3S2/c33-24-4-3-23(26(34)31-24)32-13-19-1-2-21(8-22(19)27(32)35)36-15-25-30-20(14-37-25)12-29-28-9-16-5-17(10-28)7-18(6-16)11-28/h1-2,8,14,16-18,23,29H,3-7,9-13,15H2,(H,31,33,34). The average molecular weight is 537 g/mol. The van der Waals surface area contributed by atoms with Crippen molar-refractivity contribution in [2.24, 2.45) is 17.8 Å². The lowest BCUT2D eigenvalue weighted by molar-refractivity contribution is -0.136. The van der Waals surface area contributed by atoms with Crippen molar-refractivity contribution in [3.63, 3.8) is 0 Å². The first-order valence-corrected chi connectivity index (χ1v) is 15.4. The summed E-state index contributed by atoms with van der Waals surface area (Å²) in [5.74, 6) is 2.83. The number of aromatic nitrogens is 1. The number of amides is 3. The number of nitrogens with one attached hydrogen (secondary N) is 2. The van der Waals surface area contributed by atoms with E-state index in [1.165, 1.54) is 38.5 Å². The predicted molar refractivity (Wildman–Crippen MR) is 142 cm³/mol. The number of fused-ring (bicyclic) bond motifs is 1. The van der Waals surface area contributed by atoms with Crippen molar-refractivity contribution in [1.29, 1.82) is 0 Å². The molecule has 1 saturated heterocycles. The monoisotopic (exact) mass is 536 g/mol. The molecule has 1 aromatic carbocycles. The zero-order valence-corrected chi connectivity index (χ0v) is 22.5. The van der Waals surface area contributed by atoms with E-state index in [1.54, 1.807) is 28.0 Å². The van der Waals surface area contributed by atoms with Crippen LogP contribution in [-0.2, 0) is 28.4 Å². The quantitative estimate of drug-likeness (QED) is 0.406. The van der Waals surface area contributed by atoms with E-state index in [4.69, 9.17) is 4.98 Å². The number of imide groups is 1. The third-order valence-corrected chi connectivity index (χ3v) is 11.2. The summed E-state index contributed by atoms with van der Waals surface area (Å²) in [7, 11) is 0. The van der Waals surface area contributed by atoms with Gasteiger partial charge in [0.05, 0.1) is 11.4 Å². The fourth-order valence-electron chi connectivity index (χ4n) is 7.87. The molecule has 3 heterocycles. The number of thiazole rings is 1. The van der Waals surface area contributed by atoms with Crippen LogP contribution in [-0.4, -0.2) is 39.2 Å². The van der Waals surface area contributed by atoms with Crippen LogP contribution < -0.4 is 10.6 Å².